The molecule has 0 saturated heterocycles. The number of nitrogens with zero attached hydrogens (tertiary/aromatic N) is 2. The first-order valence-electron chi connectivity index (χ1n) is 5.25. The molecular weight excluding hydrogens is 194 g/mol. The second-order valence-electron chi connectivity index (χ2n) is 3.78. The third-order valence-corrected chi connectivity index (χ3v) is 4.00. The number of hydrogen-bond donors (Lipinski definition) is 1. The van der Waals surface area contributed by atoms with Crippen LogP contribution >= 0.6 is 11.8 Å². The van der Waals surface area contributed by atoms with Crippen molar-refractivity contribution >= 4 is 17.6 Å². The number of aryl methyl sites for hydroxylation is 1. The number of aromatic nitrogens is 2. The minimum atomic E-state index is 0.621. The molecule has 1 heterocycles. The van der Waals surface area contributed by atoms with Crippen LogP contribution in [0.1, 0.15) is 25.7 Å². The van der Waals surface area contributed by atoms with Gasteiger partial charge in [0.2, 0.25) is 0 Å². The summed E-state index contributed by atoms with van der Waals surface area (Å²) in [5.41, 5.74) is 5.53. The Morgan fingerprint density at radius 1 is 1.50 bits per heavy atom. The van der Waals surface area contributed by atoms with E-state index in [-0.39, 0.29) is 0 Å². The Balaban J connectivity index is 1.67. The number of rotatable bonds is 4. The molecule has 0 aliphatic heterocycles. The molecular formula is C10H17N3S. The highest BCUT2D eigenvalue weighted by molar-refractivity contribution is 7.99. The second-order valence-corrected chi connectivity index (χ2v) is 5.19. The highest BCUT2D eigenvalue weighted by Gasteiger charge is 2.14. The van der Waals surface area contributed by atoms with Crippen molar-refractivity contribution in [1.29, 1.82) is 0 Å². The minimum absolute atomic E-state index is 0.621. The summed E-state index contributed by atoms with van der Waals surface area (Å²) >= 11 is 2.09. The van der Waals surface area contributed by atoms with Gasteiger partial charge in [0.15, 0.2) is 0 Å². The Hall–Kier alpha value is -0.640. The van der Waals surface area contributed by atoms with Crippen LogP contribution in [0.4, 0.5) is 5.82 Å². The fraction of sp³-hybridized carbons (Fsp3) is 0.700. The molecule has 0 bridgehead atoms. The Bertz CT molecular complexity index is 279. The molecule has 1 aromatic rings. The Labute approximate surface area is 89.1 Å². The van der Waals surface area contributed by atoms with Crippen LogP contribution in [0.2, 0.25) is 0 Å². The van der Waals surface area contributed by atoms with Crippen LogP contribution in [-0.4, -0.2) is 20.8 Å². The lowest BCUT2D eigenvalue weighted by molar-refractivity contribution is 0.668. The van der Waals surface area contributed by atoms with Gasteiger partial charge in [-0.2, -0.15) is 16.9 Å². The zero-order valence-electron chi connectivity index (χ0n) is 8.35. The van der Waals surface area contributed by atoms with Crippen LogP contribution in [-0.2, 0) is 6.54 Å². The van der Waals surface area contributed by atoms with E-state index in [2.05, 4.69) is 16.9 Å². The van der Waals surface area contributed by atoms with Gasteiger partial charge in [-0.05, 0) is 18.9 Å². The summed E-state index contributed by atoms with van der Waals surface area (Å²) in [6, 6.07) is 1.85. The average molecular weight is 211 g/mol. The van der Waals surface area contributed by atoms with E-state index in [1.54, 1.807) is 0 Å². The maximum atomic E-state index is 5.53. The van der Waals surface area contributed by atoms with E-state index in [0.717, 1.165) is 17.5 Å². The second kappa shape index (κ2) is 4.73. The molecule has 1 aliphatic carbocycles. The lowest BCUT2D eigenvalue weighted by Crippen LogP contribution is -2.05. The molecule has 0 amide bonds. The lowest BCUT2D eigenvalue weighted by atomic mass is 10.4. The van der Waals surface area contributed by atoms with E-state index in [0.29, 0.717) is 5.82 Å². The summed E-state index contributed by atoms with van der Waals surface area (Å²) in [7, 11) is 0. The molecule has 0 spiro atoms. The van der Waals surface area contributed by atoms with Crippen molar-refractivity contribution in [3.63, 3.8) is 0 Å². The summed E-state index contributed by atoms with van der Waals surface area (Å²) in [6.07, 6.45) is 7.61. The van der Waals surface area contributed by atoms with Gasteiger partial charge >= 0.3 is 0 Å². The van der Waals surface area contributed by atoms with Crippen molar-refractivity contribution in [1.82, 2.24) is 9.78 Å². The number of anilines is 1. The topological polar surface area (TPSA) is 43.8 Å². The smallest absolute Gasteiger partial charge is 0.145 e. The van der Waals surface area contributed by atoms with E-state index in [1.807, 2.05) is 16.9 Å². The predicted molar refractivity (Wildman–Crippen MR) is 61.4 cm³/mol. The zero-order valence-corrected chi connectivity index (χ0v) is 9.17. The summed E-state index contributed by atoms with van der Waals surface area (Å²) in [4.78, 5) is 0. The first-order chi connectivity index (χ1) is 6.84. The first kappa shape index (κ1) is 9.90. The van der Waals surface area contributed by atoms with Crippen LogP contribution < -0.4 is 5.73 Å². The van der Waals surface area contributed by atoms with Gasteiger partial charge in [0, 0.05) is 17.2 Å². The van der Waals surface area contributed by atoms with Gasteiger partial charge in [-0.15, -0.1) is 0 Å². The molecule has 14 heavy (non-hydrogen) atoms. The minimum Gasteiger partial charge on any atom is -0.382 e. The molecule has 1 aromatic heterocycles. The van der Waals surface area contributed by atoms with Gasteiger partial charge in [-0.3, -0.25) is 4.68 Å². The summed E-state index contributed by atoms with van der Waals surface area (Å²) < 4.78 is 1.93. The Morgan fingerprint density at radius 2 is 2.29 bits per heavy atom. The summed E-state index contributed by atoms with van der Waals surface area (Å²) in [5, 5.41) is 5.06. The van der Waals surface area contributed by atoms with E-state index >= 15 is 0 Å². The Kier molecular flexibility index (Phi) is 3.35. The van der Waals surface area contributed by atoms with Crippen LogP contribution in [0.15, 0.2) is 12.3 Å². The standard InChI is InChI=1S/C10H17N3S/c11-10-5-6-13(12-10)7-8-14-9-3-1-2-4-9/h5-6,9H,1-4,7-8H2,(H2,11,12). The van der Waals surface area contributed by atoms with Gasteiger partial charge in [0.05, 0.1) is 6.54 Å². The van der Waals surface area contributed by atoms with Crippen LogP contribution in [0.3, 0.4) is 0 Å². The average Bonchev–Trinajstić information content (AvgIpc) is 2.77. The van der Waals surface area contributed by atoms with Crippen molar-refractivity contribution < 1.29 is 0 Å². The molecule has 1 saturated carbocycles. The van der Waals surface area contributed by atoms with Gasteiger partial charge in [-0.25, -0.2) is 0 Å². The SMILES string of the molecule is Nc1ccn(CCSC2CCCC2)n1. The maximum Gasteiger partial charge on any atom is 0.145 e. The van der Waals surface area contributed by atoms with Crippen molar-refractivity contribution in [2.45, 2.75) is 37.5 Å². The zero-order chi connectivity index (χ0) is 9.80. The molecule has 4 heteroatoms. The molecule has 0 atom stereocenters. The fourth-order valence-electron chi connectivity index (χ4n) is 1.87. The molecule has 1 aliphatic rings. The molecule has 2 rings (SSSR count). The summed E-state index contributed by atoms with van der Waals surface area (Å²) in [5.74, 6) is 1.78. The van der Waals surface area contributed by atoms with Crippen molar-refractivity contribution in [3.05, 3.63) is 12.3 Å². The van der Waals surface area contributed by atoms with Gasteiger partial charge in [0.1, 0.15) is 5.82 Å². The van der Waals surface area contributed by atoms with Gasteiger partial charge in [-0.1, -0.05) is 12.8 Å². The van der Waals surface area contributed by atoms with Crippen molar-refractivity contribution in [2.24, 2.45) is 0 Å². The fourth-order valence-corrected chi connectivity index (χ4v) is 3.16. The highest BCUT2D eigenvalue weighted by Crippen LogP contribution is 2.29. The third kappa shape index (κ3) is 2.67. The molecule has 0 radical (unpaired) electrons. The highest BCUT2D eigenvalue weighted by atomic mass is 32.2. The first-order valence-corrected chi connectivity index (χ1v) is 6.30. The lowest BCUT2D eigenvalue weighted by Gasteiger charge is -2.07. The van der Waals surface area contributed by atoms with Crippen LogP contribution in [0, 0.1) is 0 Å². The molecule has 2 N–H and O–H groups in total. The largest absolute Gasteiger partial charge is 0.382 e. The number of thioether (sulfide) groups is 1. The molecule has 78 valence electrons. The Morgan fingerprint density at radius 3 is 2.93 bits per heavy atom. The summed E-state index contributed by atoms with van der Waals surface area (Å²) in [6.45, 7) is 0.984. The monoisotopic (exact) mass is 211 g/mol. The van der Waals surface area contributed by atoms with Gasteiger partial charge < -0.3 is 5.73 Å². The number of hydrogen-bond acceptors (Lipinski definition) is 3. The van der Waals surface area contributed by atoms with E-state index in [9.17, 15) is 0 Å². The molecule has 0 unspecified atom stereocenters. The van der Waals surface area contributed by atoms with E-state index < -0.39 is 0 Å². The maximum absolute atomic E-state index is 5.53. The van der Waals surface area contributed by atoms with Crippen molar-refractivity contribution in [2.75, 3.05) is 11.5 Å². The van der Waals surface area contributed by atoms with Gasteiger partial charge in [0.25, 0.3) is 0 Å². The quantitative estimate of drug-likeness (QED) is 0.830. The normalized spacial score (nSPS) is 17.7. The third-order valence-electron chi connectivity index (χ3n) is 2.64. The predicted octanol–water partition coefficient (Wildman–Crippen LogP) is 2.14. The van der Waals surface area contributed by atoms with E-state index in [4.69, 9.17) is 5.73 Å². The number of nitrogens with two attached hydrogens (primary N) is 1. The molecule has 3 nitrogen and oxygen atoms in total. The van der Waals surface area contributed by atoms with E-state index in [1.165, 1.54) is 25.7 Å². The molecule has 1 fully saturated rings. The van der Waals surface area contributed by atoms with Crippen LogP contribution in [0.25, 0.3) is 0 Å². The number of nitrogen functional groups attached to an aromatic ring is 1. The molecule has 0 aromatic carbocycles. The van der Waals surface area contributed by atoms with Crippen molar-refractivity contribution in [3.8, 4) is 0 Å². The van der Waals surface area contributed by atoms with Crippen LogP contribution in [0.5, 0.6) is 0 Å².